The fourth-order valence-electron chi connectivity index (χ4n) is 3.58. The van der Waals surface area contributed by atoms with Crippen molar-refractivity contribution in [2.24, 2.45) is 0 Å². The molecule has 1 fully saturated rings. The molecule has 3 aromatic rings. The summed E-state index contributed by atoms with van der Waals surface area (Å²) in [7, 11) is 0. The van der Waals surface area contributed by atoms with Crippen LogP contribution in [0.5, 0.6) is 5.75 Å². The first kappa shape index (κ1) is 23.9. The van der Waals surface area contributed by atoms with Crippen molar-refractivity contribution < 1.29 is 19.4 Å². The number of carbonyl (C=O) groups excluding carboxylic acids is 1. The van der Waals surface area contributed by atoms with Crippen LogP contribution in [-0.2, 0) is 4.74 Å². The quantitative estimate of drug-likeness (QED) is 0.389. The van der Waals surface area contributed by atoms with E-state index in [1.165, 1.54) is 0 Å². The summed E-state index contributed by atoms with van der Waals surface area (Å²) in [4.78, 5) is 20.7. The van der Waals surface area contributed by atoms with Crippen LogP contribution in [0.15, 0.2) is 54.7 Å². The Hall–Kier alpha value is -4.20. The predicted octanol–water partition coefficient (Wildman–Crippen LogP) is 3.43. The molecule has 1 aliphatic rings. The van der Waals surface area contributed by atoms with Crippen molar-refractivity contribution in [1.82, 2.24) is 15.3 Å². The van der Waals surface area contributed by atoms with Gasteiger partial charge in [-0.2, -0.15) is 5.26 Å². The Morgan fingerprint density at radius 3 is 2.80 bits per heavy atom. The van der Waals surface area contributed by atoms with Crippen LogP contribution >= 0.6 is 0 Å². The van der Waals surface area contributed by atoms with Gasteiger partial charge in [-0.3, -0.25) is 0 Å². The Kier molecular flexibility index (Phi) is 8.06. The van der Waals surface area contributed by atoms with Crippen molar-refractivity contribution in [2.45, 2.75) is 18.9 Å². The molecule has 0 bridgehead atoms. The van der Waals surface area contributed by atoms with Gasteiger partial charge in [0.2, 0.25) is 5.95 Å². The Labute approximate surface area is 202 Å². The van der Waals surface area contributed by atoms with Crippen LogP contribution in [0.2, 0.25) is 0 Å². The summed E-state index contributed by atoms with van der Waals surface area (Å²) in [6.07, 6.45) is 3.28. The van der Waals surface area contributed by atoms with Gasteiger partial charge in [0, 0.05) is 42.5 Å². The van der Waals surface area contributed by atoms with E-state index < -0.39 is 6.03 Å². The lowest BCUT2D eigenvalue weighted by atomic mass is 10.1. The molecule has 0 radical (unpaired) electrons. The van der Waals surface area contributed by atoms with Crippen molar-refractivity contribution >= 4 is 23.4 Å². The summed E-state index contributed by atoms with van der Waals surface area (Å²) in [5.41, 5.74) is 3.11. The molecule has 1 saturated heterocycles. The number of urea groups is 1. The lowest BCUT2D eigenvalue weighted by Crippen LogP contribution is -2.30. The number of hydrogen-bond donors (Lipinski definition) is 4. The number of ether oxygens (including phenoxy) is 2. The Bertz CT molecular complexity index is 1210. The third-order valence-corrected chi connectivity index (χ3v) is 5.29. The first-order valence-electron chi connectivity index (χ1n) is 11.3. The monoisotopic (exact) mass is 474 g/mol. The van der Waals surface area contributed by atoms with Gasteiger partial charge < -0.3 is 30.5 Å². The minimum Gasteiger partial charge on any atom is -0.489 e. The second kappa shape index (κ2) is 11.8. The lowest BCUT2D eigenvalue weighted by Gasteiger charge is -2.23. The molecule has 2 heterocycles. The number of nitrogens with one attached hydrogen (secondary N) is 3. The molecule has 4 rings (SSSR count). The van der Waals surface area contributed by atoms with E-state index in [-0.39, 0.29) is 19.3 Å². The zero-order valence-corrected chi connectivity index (χ0v) is 19.0. The molecule has 10 heteroatoms. The molecule has 1 aliphatic heterocycles. The SMILES string of the molecule is N#Cc1cc(-c2ccnc(Nc3cccc(NC(=O)NCCO)c3)n2)ccc1OC1CCOCC1. The summed E-state index contributed by atoms with van der Waals surface area (Å²) in [5.74, 6) is 0.924. The molecule has 2 amide bonds. The summed E-state index contributed by atoms with van der Waals surface area (Å²) >= 11 is 0. The van der Waals surface area contributed by atoms with Crippen molar-refractivity contribution in [3.63, 3.8) is 0 Å². The average Bonchev–Trinajstić information content (AvgIpc) is 2.88. The lowest BCUT2D eigenvalue weighted by molar-refractivity contribution is 0.0254. The van der Waals surface area contributed by atoms with Crippen LogP contribution in [0, 0.1) is 11.3 Å². The number of nitriles is 1. The fraction of sp³-hybridized carbons (Fsp3) is 0.280. The van der Waals surface area contributed by atoms with Crippen LogP contribution < -0.4 is 20.7 Å². The minimum absolute atomic E-state index is 0.0440. The average molecular weight is 475 g/mol. The number of amides is 2. The molecule has 4 N–H and O–H groups in total. The topological polar surface area (TPSA) is 141 Å². The second-order valence-corrected chi connectivity index (χ2v) is 7.83. The second-order valence-electron chi connectivity index (χ2n) is 7.83. The molecule has 35 heavy (non-hydrogen) atoms. The van der Waals surface area contributed by atoms with Crippen LogP contribution in [-0.4, -0.2) is 53.6 Å². The number of aliphatic hydroxyl groups is 1. The zero-order chi connectivity index (χ0) is 24.5. The maximum Gasteiger partial charge on any atom is 0.319 e. The largest absolute Gasteiger partial charge is 0.489 e. The third-order valence-electron chi connectivity index (χ3n) is 5.29. The van der Waals surface area contributed by atoms with E-state index in [1.54, 1.807) is 42.6 Å². The molecule has 2 aromatic carbocycles. The maximum atomic E-state index is 11.8. The number of rotatable bonds is 8. The van der Waals surface area contributed by atoms with Gasteiger partial charge in [0.15, 0.2) is 0 Å². The van der Waals surface area contributed by atoms with Crippen LogP contribution in [0.4, 0.5) is 22.1 Å². The molecular weight excluding hydrogens is 448 g/mol. The molecule has 180 valence electrons. The summed E-state index contributed by atoms with van der Waals surface area (Å²) in [6, 6.07) is 16.1. The highest BCUT2D eigenvalue weighted by molar-refractivity contribution is 5.89. The summed E-state index contributed by atoms with van der Waals surface area (Å²) in [6.45, 7) is 1.36. The maximum absolute atomic E-state index is 11.8. The van der Waals surface area contributed by atoms with Gasteiger partial charge in [-0.05, 0) is 42.5 Å². The first-order chi connectivity index (χ1) is 17.1. The van der Waals surface area contributed by atoms with Gasteiger partial charge in [-0.1, -0.05) is 6.07 Å². The number of anilines is 3. The van der Waals surface area contributed by atoms with Crippen molar-refractivity contribution in [2.75, 3.05) is 37.0 Å². The van der Waals surface area contributed by atoms with Crippen molar-refractivity contribution in [3.05, 3.63) is 60.3 Å². The Morgan fingerprint density at radius 1 is 1.17 bits per heavy atom. The standard InChI is InChI=1S/C25H26N6O4/c26-16-18-14-17(4-5-23(18)35-21-7-12-34-13-8-21)22-6-9-27-24(31-22)29-19-2-1-3-20(15-19)30-25(33)28-10-11-32/h1-6,9,14-15,21,32H,7-8,10-13H2,(H,27,29,31)(H2,28,30,33). The van der Waals surface area contributed by atoms with E-state index in [4.69, 9.17) is 14.6 Å². The molecule has 0 saturated carbocycles. The van der Waals surface area contributed by atoms with E-state index >= 15 is 0 Å². The fourth-order valence-corrected chi connectivity index (χ4v) is 3.58. The highest BCUT2D eigenvalue weighted by atomic mass is 16.5. The number of hydrogen-bond acceptors (Lipinski definition) is 8. The van der Waals surface area contributed by atoms with E-state index in [1.807, 2.05) is 12.1 Å². The first-order valence-corrected chi connectivity index (χ1v) is 11.3. The van der Waals surface area contributed by atoms with Gasteiger partial charge in [0.25, 0.3) is 0 Å². The molecule has 1 aromatic heterocycles. The zero-order valence-electron chi connectivity index (χ0n) is 19.0. The van der Waals surface area contributed by atoms with E-state index in [0.717, 1.165) is 18.4 Å². The van der Waals surface area contributed by atoms with Gasteiger partial charge >= 0.3 is 6.03 Å². The van der Waals surface area contributed by atoms with Crippen LogP contribution in [0.3, 0.4) is 0 Å². The Morgan fingerprint density at radius 2 is 2.00 bits per heavy atom. The number of carbonyl (C=O) groups is 1. The van der Waals surface area contributed by atoms with E-state index in [0.29, 0.717) is 47.5 Å². The molecule has 0 aliphatic carbocycles. The van der Waals surface area contributed by atoms with Gasteiger partial charge in [-0.25, -0.2) is 14.8 Å². The van der Waals surface area contributed by atoms with Crippen LogP contribution in [0.25, 0.3) is 11.3 Å². The van der Waals surface area contributed by atoms with E-state index in [9.17, 15) is 10.1 Å². The highest BCUT2D eigenvalue weighted by Crippen LogP contribution is 2.28. The summed E-state index contributed by atoms with van der Waals surface area (Å²) in [5, 5.41) is 26.8. The van der Waals surface area contributed by atoms with Crippen molar-refractivity contribution in [3.8, 4) is 23.1 Å². The number of aliphatic hydroxyl groups excluding tert-OH is 1. The minimum atomic E-state index is -0.410. The number of nitrogens with zero attached hydrogens (tertiary/aromatic N) is 3. The molecular formula is C25H26N6O4. The molecule has 0 spiro atoms. The van der Waals surface area contributed by atoms with Gasteiger partial charge in [0.05, 0.1) is 31.1 Å². The van der Waals surface area contributed by atoms with Crippen LogP contribution in [0.1, 0.15) is 18.4 Å². The van der Waals surface area contributed by atoms with Gasteiger partial charge in [0.1, 0.15) is 17.9 Å². The predicted molar refractivity (Wildman–Crippen MR) is 130 cm³/mol. The van der Waals surface area contributed by atoms with E-state index in [2.05, 4.69) is 32.0 Å². The third kappa shape index (κ3) is 6.66. The molecule has 10 nitrogen and oxygen atoms in total. The molecule has 0 unspecified atom stereocenters. The summed E-state index contributed by atoms with van der Waals surface area (Å²) < 4.78 is 11.4. The number of aromatic nitrogens is 2. The highest BCUT2D eigenvalue weighted by Gasteiger charge is 2.17. The smallest absolute Gasteiger partial charge is 0.319 e. The normalized spacial score (nSPS) is 13.5. The van der Waals surface area contributed by atoms with Crippen molar-refractivity contribution in [1.29, 1.82) is 5.26 Å². The Balaban J connectivity index is 1.47. The molecule has 0 atom stereocenters. The number of benzene rings is 2. The van der Waals surface area contributed by atoms with Gasteiger partial charge in [-0.15, -0.1) is 0 Å².